The SMILES string of the molecule is C=C1C=C(n2c3ccccc3c3cc(-c4ccc(N(C5=CC6=C(CC5C)c5ccccc5C6(C)C)c5ccc(-c6ccccc6)cc5)cc4)ccc32)C=CC1. The highest BCUT2D eigenvalue weighted by molar-refractivity contribution is 6.11. The molecule has 1 heterocycles. The van der Waals surface area contributed by atoms with E-state index in [0.29, 0.717) is 5.92 Å². The van der Waals surface area contributed by atoms with Crippen molar-refractivity contribution >= 4 is 44.5 Å². The van der Waals surface area contributed by atoms with Crippen LogP contribution in [0.15, 0.2) is 193 Å². The molecule has 2 nitrogen and oxygen atoms in total. The van der Waals surface area contributed by atoms with Gasteiger partial charge in [-0.15, -0.1) is 0 Å². The Labute approximate surface area is 324 Å². The standard InChI is InChI=1S/C53H44N2/c1-35-13-12-16-43(31-35)55-50-20-11-9-18-45(50)47-33-40(25-30-51(47)55)39-23-28-42(29-24-39)54(41-26-21-38(22-27-41)37-14-6-5-7-15-37)52-34-49-46(32-36(52)2)44-17-8-10-19-48(44)53(49,3)4/h5-12,14-31,33-34,36H,1,13,32H2,2-4H3. The van der Waals surface area contributed by atoms with Crippen LogP contribution in [0.3, 0.4) is 0 Å². The van der Waals surface area contributed by atoms with Crippen molar-refractivity contribution in [2.75, 3.05) is 4.90 Å². The first-order chi connectivity index (χ1) is 26.8. The molecule has 0 aliphatic heterocycles. The minimum absolute atomic E-state index is 0.0520. The van der Waals surface area contributed by atoms with Crippen LogP contribution in [-0.4, -0.2) is 4.57 Å². The monoisotopic (exact) mass is 708 g/mol. The maximum Gasteiger partial charge on any atom is 0.0541 e. The van der Waals surface area contributed by atoms with E-state index in [1.165, 1.54) is 83.4 Å². The topological polar surface area (TPSA) is 8.17 Å². The minimum Gasteiger partial charge on any atom is -0.314 e. The number of benzene rings is 6. The summed E-state index contributed by atoms with van der Waals surface area (Å²) in [6, 6.07) is 53.7. The van der Waals surface area contributed by atoms with E-state index in [-0.39, 0.29) is 5.41 Å². The van der Waals surface area contributed by atoms with Crippen molar-refractivity contribution in [2.45, 2.75) is 39.0 Å². The van der Waals surface area contributed by atoms with E-state index in [2.05, 4.69) is 207 Å². The fourth-order valence-corrected chi connectivity index (χ4v) is 9.33. The summed E-state index contributed by atoms with van der Waals surface area (Å²) in [7, 11) is 0. The molecule has 0 saturated carbocycles. The molecule has 3 aliphatic rings. The second kappa shape index (κ2) is 12.9. The third-order valence-electron chi connectivity index (χ3n) is 12.1. The summed E-state index contributed by atoms with van der Waals surface area (Å²) in [5, 5.41) is 2.52. The Balaban J connectivity index is 1.07. The smallest absolute Gasteiger partial charge is 0.0541 e. The number of hydrogen-bond acceptors (Lipinski definition) is 1. The van der Waals surface area contributed by atoms with Crippen molar-refractivity contribution in [1.29, 1.82) is 0 Å². The van der Waals surface area contributed by atoms with Crippen molar-refractivity contribution in [3.8, 4) is 22.3 Å². The van der Waals surface area contributed by atoms with E-state index in [1.54, 1.807) is 0 Å². The van der Waals surface area contributed by atoms with Crippen LogP contribution in [0.5, 0.6) is 0 Å². The van der Waals surface area contributed by atoms with Crippen molar-refractivity contribution < 1.29 is 0 Å². The zero-order chi connectivity index (χ0) is 37.3. The Hall–Kier alpha value is -6.38. The maximum atomic E-state index is 4.26. The largest absolute Gasteiger partial charge is 0.314 e. The van der Waals surface area contributed by atoms with Gasteiger partial charge in [-0.05, 0) is 124 Å². The summed E-state index contributed by atoms with van der Waals surface area (Å²) in [6.45, 7) is 11.4. The molecular weight excluding hydrogens is 665 g/mol. The van der Waals surface area contributed by atoms with E-state index >= 15 is 0 Å². The molecule has 1 atom stereocenters. The Morgan fingerprint density at radius 1 is 0.636 bits per heavy atom. The molecule has 7 aromatic rings. The molecular formula is C53H44N2. The molecule has 1 unspecified atom stereocenters. The average Bonchev–Trinajstić information content (AvgIpc) is 3.66. The zero-order valence-electron chi connectivity index (χ0n) is 31.8. The van der Waals surface area contributed by atoms with Gasteiger partial charge in [0.05, 0.1) is 11.0 Å². The first-order valence-corrected chi connectivity index (χ1v) is 19.6. The number of nitrogens with zero attached hydrogens (tertiary/aromatic N) is 2. The van der Waals surface area contributed by atoms with Gasteiger partial charge in [0.2, 0.25) is 0 Å². The predicted octanol–water partition coefficient (Wildman–Crippen LogP) is 14.3. The minimum atomic E-state index is -0.0520. The number of anilines is 2. The number of allylic oxidation sites excluding steroid dienone is 9. The molecule has 2 heteroatoms. The normalized spacial score (nSPS) is 17.3. The van der Waals surface area contributed by atoms with Crippen LogP contribution >= 0.6 is 0 Å². The number of fused-ring (bicyclic) bond motifs is 5. The van der Waals surface area contributed by atoms with Crippen LogP contribution in [-0.2, 0) is 5.41 Å². The lowest BCUT2D eigenvalue weighted by Crippen LogP contribution is -2.26. The van der Waals surface area contributed by atoms with Gasteiger partial charge in [-0.1, -0.05) is 137 Å². The van der Waals surface area contributed by atoms with Crippen molar-refractivity contribution in [2.24, 2.45) is 5.92 Å². The van der Waals surface area contributed by atoms with Crippen LogP contribution in [0.2, 0.25) is 0 Å². The molecule has 0 fully saturated rings. The van der Waals surface area contributed by atoms with Gasteiger partial charge in [-0.3, -0.25) is 0 Å². The highest BCUT2D eigenvalue weighted by Crippen LogP contribution is 2.53. The van der Waals surface area contributed by atoms with Crippen LogP contribution in [0.25, 0.3) is 55.3 Å². The highest BCUT2D eigenvalue weighted by atomic mass is 15.2. The Bertz CT molecular complexity index is 2780. The van der Waals surface area contributed by atoms with Gasteiger partial charge < -0.3 is 9.47 Å². The fraction of sp³-hybridized carbons (Fsp3) is 0.132. The quantitative estimate of drug-likeness (QED) is 0.167. The molecule has 0 bridgehead atoms. The molecule has 3 aliphatic carbocycles. The molecule has 55 heavy (non-hydrogen) atoms. The molecule has 10 rings (SSSR count). The molecule has 0 radical (unpaired) electrons. The highest BCUT2D eigenvalue weighted by Gasteiger charge is 2.40. The van der Waals surface area contributed by atoms with Gasteiger partial charge in [0.15, 0.2) is 0 Å². The lowest BCUT2D eigenvalue weighted by atomic mass is 9.78. The Kier molecular flexibility index (Phi) is 7.78. The molecule has 0 saturated heterocycles. The summed E-state index contributed by atoms with van der Waals surface area (Å²) < 4.78 is 2.38. The number of para-hydroxylation sites is 1. The number of rotatable bonds is 6. The van der Waals surface area contributed by atoms with Gasteiger partial charge in [0.25, 0.3) is 0 Å². The van der Waals surface area contributed by atoms with Gasteiger partial charge in [0, 0.05) is 44.9 Å². The Morgan fingerprint density at radius 3 is 2.00 bits per heavy atom. The van der Waals surface area contributed by atoms with Crippen LogP contribution in [0.4, 0.5) is 11.4 Å². The Morgan fingerprint density at radius 2 is 1.25 bits per heavy atom. The summed E-state index contributed by atoms with van der Waals surface area (Å²) in [5.41, 5.74) is 19.0. The lowest BCUT2D eigenvalue weighted by Gasteiger charge is -2.36. The molecule has 0 spiro atoms. The molecule has 0 N–H and O–H groups in total. The van der Waals surface area contributed by atoms with Crippen molar-refractivity contribution in [3.63, 3.8) is 0 Å². The van der Waals surface area contributed by atoms with Gasteiger partial charge in [-0.2, -0.15) is 0 Å². The predicted molar refractivity (Wildman–Crippen MR) is 234 cm³/mol. The van der Waals surface area contributed by atoms with E-state index in [9.17, 15) is 0 Å². The van der Waals surface area contributed by atoms with E-state index < -0.39 is 0 Å². The molecule has 1 aromatic heterocycles. The molecule has 266 valence electrons. The zero-order valence-corrected chi connectivity index (χ0v) is 31.8. The fourth-order valence-electron chi connectivity index (χ4n) is 9.33. The van der Waals surface area contributed by atoms with Gasteiger partial charge >= 0.3 is 0 Å². The maximum absolute atomic E-state index is 4.26. The molecule has 6 aromatic carbocycles. The van der Waals surface area contributed by atoms with Crippen LogP contribution in [0, 0.1) is 5.92 Å². The van der Waals surface area contributed by atoms with Crippen LogP contribution in [0.1, 0.15) is 44.7 Å². The second-order valence-corrected chi connectivity index (χ2v) is 16.0. The van der Waals surface area contributed by atoms with Crippen molar-refractivity contribution in [1.82, 2.24) is 4.57 Å². The summed E-state index contributed by atoms with van der Waals surface area (Å²) in [5.74, 6) is 0.334. The lowest BCUT2D eigenvalue weighted by molar-refractivity contribution is 0.627. The third-order valence-corrected chi connectivity index (χ3v) is 12.1. The second-order valence-electron chi connectivity index (χ2n) is 16.0. The van der Waals surface area contributed by atoms with Crippen molar-refractivity contribution in [3.05, 3.63) is 204 Å². The first-order valence-electron chi connectivity index (χ1n) is 19.6. The van der Waals surface area contributed by atoms with E-state index in [4.69, 9.17) is 0 Å². The summed E-state index contributed by atoms with van der Waals surface area (Å²) >= 11 is 0. The third kappa shape index (κ3) is 5.47. The van der Waals surface area contributed by atoms with Crippen LogP contribution < -0.4 is 4.90 Å². The molecule has 0 amide bonds. The average molecular weight is 709 g/mol. The number of aromatic nitrogens is 1. The van der Waals surface area contributed by atoms with E-state index in [1.807, 2.05) is 0 Å². The summed E-state index contributed by atoms with van der Waals surface area (Å²) in [4.78, 5) is 2.50. The number of hydrogen-bond donors (Lipinski definition) is 0. The van der Waals surface area contributed by atoms with E-state index in [0.717, 1.165) is 24.1 Å². The van der Waals surface area contributed by atoms with Gasteiger partial charge in [-0.25, -0.2) is 0 Å². The first kappa shape index (κ1) is 33.2. The summed E-state index contributed by atoms with van der Waals surface area (Å²) in [6.07, 6.45) is 11.1. The van der Waals surface area contributed by atoms with Gasteiger partial charge in [0.1, 0.15) is 0 Å².